The molecule has 0 fully saturated rings. The van der Waals surface area contributed by atoms with Crippen LogP contribution in [0.5, 0.6) is 5.75 Å². The summed E-state index contributed by atoms with van der Waals surface area (Å²) in [7, 11) is 0. The maximum absolute atomic E-state index is 14.1. The first-order valence-electron chi connectivity index (χ1n) is 11.7. The molecule has 0 aliphatic heterocycles. The predicted molar refractivity (Wildman–Crippen MR) is 145 cm³/mol. The molecule has 0 saturated carbocycles. The summed E-state index contributed by atoms with van der Waals surface area (Å²) in [4.78, 5) is 4.83. The number of aryl methyl sites for hydroxylation is 1. The third-order valence-electron chi connectivity index (χ3n) is 5.93. The number of benzene rings is 3. The quantitative estimate of drug-likeness (QED) is 0.0956. The van der Waals surface area contributed by atoms with Crippen LogP contribution in [-0.4, -0.2) is 15.9 Å². The highest BCUT2D eigenvalue weighted by Crippen LogP contribution is 2.36. The highest BCUT2D eigenvalue weighted by Gasteiger charge is 2.31. The van der Waals surface area contributed by atoms with Gasteiger partial charge in [-0.1, -0.05) is 18.2 Å². The molecule has 3 aromatic carbocycles. The number of nitrogens with two attached hydrogens (primary N) is 3. The van der Waals surface area contributed by atoms with Gasteiger partial charge in [0.1, 0.15) is 17.3 Å². The molecule has 0 atom stereocenters. The van der Waals surface area contributed by atoms with E-state index in [1.54, 1.807) is 25.1 Å². The first-order valence-corrected chi connectivity index (χ1v) is 12.6. The lowest BCUT2D eigenvalue weighted by Gasteiger charge is -2.26. The number of hydrogen-bond acceptors (Lipinski definition) is 7. The van der Waals surface area contributed by atoms with Gasteiger partial charge in [-0.05, 0) is 78.5 Å². The van der Waals surface area contributed by atoms with Crippen molar-refractivity contribution in [2.24, 2.45) is 16.7 Å². The summed E-state index contributed by atoms with van der Waals surface area (Å²) in [5.41, 5.74) is 8.40. The number of aromatic nitrogens is 2. The van der Waals surface area contributed by atoms with Crippen LogP contribution in [0.3, 0.4) is 0 Å². The van der Waals surface area contributed by atoms with Crippen molar-refractivity contribution in [1.82, 2.24) is 9.55 Å². The van der Waals surface area contributed by atoms with Crippen molar-refractivity contribution in [3.05, 3.63) is 96.2 Å². The SMILES string of the molecule is Cc1nc(C(C)(F)F)cn1-c1ccc(-c2cccc(SN)c2)cc1N(N)/C(=C\N)c1ccc(OC(F)(F)F)cc1. The summed E-state index contributed by atoms with van der Waals surface area (Å²) < 4.78 is 71.4. The molecule has 0 bridgehead atoms. The van der Waals surface area contributed by atoms with E-state index < -0.39 is 23.7 Å². The normalized spacial score (nSPS) is 12.5. The number of hydrazine groups is 1. The fourth-order valence-corrected chi connectivity index (χ4v) is 4.40. The first-order chi connectivity index (χ1) is 18.8. The number of imidazole rings is 1. The first kappa shape index (κ1) is 28.9. The number of ether oxygens (including phenoxy) is 1. The number of halogens is 5. The molecule has 0 amide bonds. The Morgan fingerprint density at radius 3 is 2.25 bits per heavy atom. The Kier molecular flexibility index (Phi) is 8.10. The number of nitrogens with zero attached hydrogens (tertiary/aromatic N) is 3. The van der Waals surface area contributed by atoms with E-state index in [1.165, 1.54) is 34.1 Å². The Bertz CT molecular complexity index is 1530. The lowest BCUT2D eigenvalue weighted by Crippen LogP contribution is -2.31. The van der Waals surface area contributed by atoms with Gasteiger partial charge in [0.05, 0.1) is 17.1 Å². The lowest BCUT2D eigenvalue weighted by atomic mass is 10.0. The monoisotopic (exact) mass is 576 g/mol. The van der Waals surface area contributed by atoms with Gasteiger partial charge >= 0.3 is 6.36 Å². The van der Waals surface area contributed by atoms with Gasteiger partial charge in [-0.25, -0.2) is 10.8 Å². The van der Waals surface area contributed by atoms with E-state index in [-0.39, 0.29) is 11.5 Å². The largest absolute Gasteiger partial charge is 0.573 e. The van der Waals surface area contributed by atoms with Gasteiger partial charge in [-0.15, -0.1) is 13.2 Å². The second-order valence-electron chi connectivity index (χ2n) is 8.78. The van der Waals surface area contributed by atoms with Crippen LogP contribution < -0.4 is 26.5 Å². The molecule has 1 heterocycles. The van der Waals surface area contributed by atoms with E-state index in [9.17, 15) is 22.0 Å². The van der Waals surface area contributed by atoms with E-state index in [4.69, 9.17) is 16.7 Å². The van der Waals surface area contributed by atoms with Crippen molar-refractivity contribution in [3.63, 3.8) is 0 Å². The van der Waals surface area contributed by atoms with Crippen molar-refractivity contribution < 1.29 is 26.7 Å². The van der Waals surface area contributed by atoms with Crippen molar-refractivity contribution >= 4 is 23.3 Å². The maximum atomic E-state index is 14.1. The average molecular weight is 577 g/mol. The van der Waals surface area contributed by atoms with Crippen LogP contribution in [0, 0.1) is 6.92 Å². The van der Waals surface area contributed by atoms with Crippen molar-refractivity contribution in [2.45, 2.75) is 31.0 Å². The summed E-state index contributed by atoms with van der Waals surface area (Å²) in [6, 6.07) is 17.7. The molecule has 13 heteroatoms. The lowest BCUT2D eigenvalue weighted by molar-refractivity contribution is -0.274. The van der Waals surface area contributed by atoms with Crippen LogP contribution in [0.1, 0.15) is 24.0 Å². The zero-order valence-electron chi connectivity index (χ0n) is 21.3. The topological polar surface area (TPSA) is 108 Å². The van der Waals surface area contributed by atoms with E-state index >= 15 is 0 Å². The van der Waals surface area contributed by atoms with E-state index in [0.717, 1.165) is 47.0 Å². The molecule has 210 valence electrons. The molecular weight excluding hydrogens is 551 g/mol. The third-order valence-corrected chi connectivity index (χ3v) is 6.46. The molecule has 0 unspecified atom stereocenters. The van der Waals surface area contributed by atoms with Crippen LogP contribution in [-0.2, 0) is 5.92 Å². The Morgan fingerprint density at radius 1 is 1.00 bits per heavy atom. The highest BCUT2D eigenvalue weighted by atomic mass is 32.2. The Morgan fingerprint density at radius 2 is 1.68 bits per heavy atom. The zero-order chi connectivity index (χ0) is 29.2. The summed E-state index contributed by atoms with van der Waals surface area (Å²) in [5.74, 6) is 3.26. The van der Waals surface area contributed by atoms with Gasteiger partial charge in [0.15, 0.2) is 0 Å². The number of rotatable bonds is 8. The maximum Gasteiger partial charge on any atom is 0.573 e. The third kappa shape index (κ3) is 6.38. The number of anilines is 1. The Hall–Kier alpha value is -4.07. The molecule has 0 aliphatic rings. The highest BCUT2D eigenvalue weighted by molar-refractivity contribution is 7.97. The molecular formula is C27H25F5N6OS. The Labute approximate surface area is 231 Å². The summed E-state index contributed by atoms with van der Waals surface area (Å²) in [5, 5.41) is 6.95. The molecule has 7 nitrogen and oxygen atoms in total. The summed E-state index contributed by atoms with van der Waals surface area (Å²) in [6.45, 7) is 2.33. The summed E-state index contributed by atoms with van der Waals surface area (Å²) >= 11 is 1.08. The van der Waals surface area contributed by atoms with Gasteiger partial charge in [-0.3, -0.25) is 10.1 Å². The van der Waals surface area contributed by atoms with Crippen molar-refractivity contribution in [2.75, 3.05) is 5.01 Å². The van der Waals surface area contributed by atoms with Crippen molar-refractivity contribution in [1.29, 1.82) is 0 Å². The number of alkyl halides is 5. The molecule has 1 aromatic heterocycles. The second-order valence-corrected chi connectivity index (χ2v) is 9.48. The minimum Gasteiger partial charge on any atom is -0.406 e. The fourth-order valence-electron chi connectivity index (χ4n) is 4.05. The van der Waals surface area contributed by atoms with Crippen LogP contribution in [0.25, 0.3) is 22.5 Å². The molecule has 0 spiro atoms. The summed E-state index contributed by atoms with van der Waals surface area (Å²) in [6.07, 6.45) is -2.43. The minimum atomic E-state index is -4.85. The number of hydrogen-bond donors (Lipinski definition) is 3. The van der Waals surface area contributed by atoms with E-state index in [2.05, 4.69) is 9.72 Å². The van der Waals surface area contributed by atoms with Gasteiger partial charge < -0.3 is 15.0 Å². The smallest absolute Gasteiger partial charge is 0.406 e. The van der Waals surface area contributed by atoms with Crippen LogP contribution in [0.15, 0.2) is 84.0 Å². The zero-order valence-corrected chi connectivity index (χ0v) is 22.1. The molecule has 0 aliphatic carbocycles. The fraction of sp³-hybridized carbons (Fsp3) is 0.148. The van der Waals surface area contributed by atoms with Gasteiger partial charge in [0.2, 0.25) is 0 Å². The van der Waals surface area contributed by atoms with Crippen LogP contribution >= 0.6 is 11.9 Å². The van der Waals surface area contributed by atoms with E-state index in [1.807, 2.05) is 24.3 Å². The van der Waals surface area contributed by atoms with Crippen LogP contribution in [0.2, 0.25) is 0 Å². The van der Waals surface area contributed by atoms with Gasteiger partial charge in [0, 0.05) is 29.8 Å². The standard InChI is InChI=1S/C27H25F5N6OS/c1-16-36-25(26(2,28)29)15-37(16)22-11-8-19(18-4-3-5-21(12-18)40-35)13-23(22)38(34)24(14-33)17-6-9-20(10-7-17)39-27(30,31)32/h3-15H,33-35H2,1-2H3/b24-14-. The molecule has 4 aromatic rings. The minimum absolute atomic E-state index is 0.224. The van der Waals surface area contributed by atoms with E-state index in [0.29, 0.717) is 16.9 Å². The molecule has 0 saturated heterocycles. The molecule has 0 radical (unpaired) electrons. The molecule has 40 heavy (non-hydrogen) atoms. The average Bonchev–Trinajstić information content (AvgIpc) is 3.31. The molecule has 6 N–H and O–H groups in total. The van der Waals surface area contributed by atoms with Gasteiger partial charge in [-0.2, -0.15) is 8.78 Å². The van der Waals surface area contributed by atoms with Crippen molar-refractivity contribution in [3.8, 4) is 22.6 Å². The predicted octanol–water partition coefficient (Wildman–Crippen LogP) is 6.46. The molecule has 4 rings (SSSR count). The van der Waals surface area contributed by atoms with Crippen LogP contribution in [0.4, 0.5) is 27.6 Å². The Balaban J connectivity index is 1.84. The second kappa shape index (κ2) is 11.2. The van der Waals surface area contributed by atoms with Gasteiger partial charge in [0.25, 0.3) is 5.92 Å².